The molecule has 1 heteroatoms. The molecule has 0 spiro atoms. The molecule has 0 saturated heterocycles. The van der Waals surface area contributed by atoms with Crippen LogP contribution in [0.1, 0.15) is 12.5 Å². The Morgan fingerprint density at radius 1 is 1.00 bits per heavy atom. The summed E-state index contributed by atoms with van der Waals surface area (Å²) in [5, 5.41) is 0. The van der Waals surface area contributed by atoms with Crippen molar-refractivity contribution in [3.63, 3.8) is 0 Å². The molecule has 0 atom stereocenters. The highest BCUT2D eigenvalue weighted by molar-refractivity contribution is 14.1. The van der Waals surface area contributed by atoms with Crippen molar-refractivity contribution in [3.8, 4) is 11.1 Å². The Hall–Kier alpha value is -1.61. The summed E-state index contributed by atoms with van der Waals surface area (Å²) in [5.41, 5.74) is 4.65. The van der Waals surface area contributed by atoms with Gasteiger partial charge in [-0.1, -0.05) is 61.2 Å². The van der Waals surface area contributed by atoms with Gasteiger partial charge < -0.3 is 0 Å². The molecule has 0 aliphatic rings. The second kappa shape index (κ2) is 7.25. The molecule has 0 aliphatic heterocycles. The normalized spacial score (nSPS) is 11.3. The van der Waals surface area contributed by atoms with Crippen LogP contribution in [0.25, 0.3) is 16.7 Å². The lowest BCUT2D eigenvalue weighted by atomic mass is 9.99. The second-order valence-electron chi connectivity index (χ2n) is 4.50. The van der Waals surface area contributed by atoms with E-state index in [1.807, 2.05) is 37.3 Å². The first-order valence-corrected chi connectivity index (χ1v) is 7.63. The van der Waals surface area contributed by atoms with E-state index in [1.54, 1.807) is 0 Å². The van der Waals surface area contributed by atoms with Gasteiger partial charge in [0.1, 0.15) is 0 Å². The number of hydrogen-bond acceptors (Lipinski definition) is 0. The Balaban J connectivity index is 2.37. The summed E-state index contributed by atoms with van der Waals surface area (Å²) in [7, 11) is 0. The van der Waals surface area contributed by atoms with Crippen LogP contribution in [0.15, 0.2) is 79.4 Å². The van der Waals surface area contributed by atoms with Gasteiger partial charge in [-0.3, -0.25) is 0 Å². The molecular formula is C19H17I. The molecule has 0 radical (unpaired) electrons. The number of hydrogen-bond donors (Lipinski definition) is 0. The van der Waals surface area contributed by atoms with Crippen molar-refractivity contribution >= 4 is 28.2 Å². The molecule has 2 aromatic rings. The molecule has 0 aromatic heterocycles. The molecule has 20 heavy (non-hydrogen) atoms. The summed E-state index contributed by atoms with van der Waals surface area (Å²) in [5.74, 6) is 0. The molecule has 2 rings (SSSR count). The average molecular weight is 372 g/mol. The highest BCUT2D eigenvalue weighted by Gasteiger charge is 2.03. The van der Waals surface area contributed by atoms with Crippen LogP contribution < -0.4 is 0 Å². The lowest BCUT2D eigenvalue weighted by Gasteiger charge is -2.07. The molecular weight excluding hydrogens is 355 g/mol. The minimum atomic E-state index is 1.03. The van der Waals surface area contributed by atoms with Gasteiger partial charge in [-0.25, -0.2) is 0 Å². The summed E-state index contributed by atoms with van der Waals surface area (Å²) in [6, 6.07) is 17.0. The maximum absolute atomic E-state index is 4.15. The van der Waals surface area contributed by atoms with Crippen LogP contribution in [0, 0.1) is 3.57 Å². The van der Waals surface area contributed by atoms with E-state index in [0.29, 0.717) is 0 Å². The molecule has 2 aromatic carbocycles. The molecule has 0 nitrogen and oxygen atoms in total. The smallest absolute Gasteiger partial charge is 0.0142 e. The monoisotopic (exact) mass is 372 g/mol. The largest absolute Gasteiger partial charge is 0.0912 e. The van der Waals surface area contributed by atoms with E-state index in [1.165, 1.54) is 14.7 Å². The van der Waals surface area contributed by atoms with Gasteiger partial charge in [-0.2, -0.15) is 0 Å². The van der Waals surface area contributed by atoms with Crippen LogP contribution >= 0.6 is 22.6 Å². The van der Waals surface area contributed by atoms with Gasteiger partial charge in [0.05, 0.1) is 0 Å². The first-order chi connectivity index (χ1) is 9.70. The minimum absolute atomic E-state index is 1.03. The Kier molecular flexibility index (Phi) is 5.36. The zero-order valence-electron chi connectivity index (χ0n) is 11.5. The van der Waals surface area contributed by atoms with E-state index in [9.17, 15) is 0 Å². The lowest BCUT2D eigenvalue weighted by molar-refractivity contribution is 1.55. The van der Waals surface area contributed by atoms with Crippen LogP contribution in [0.2, 0.25) is 0 Å². The minimum Gasteiger partial charge on any atom is -0.0912 e. The number of rotatable bonds is 4. The maximum Gasteiger partial charge on any atom is 0.0142 e. The SMILES string of the molecule is C=C(/C=C\C=C/C)c1cc(I)cc(-c2ccccc2)c1. The molecule has 0 amide bonds. The molecule has 0 heterocycles. The lowest BCUT2D eigenvalue weighted by Crippen LogP contribution is -1.85. The van der Waals surface area contributed by atoms with Crippen LogP contribution in [-0.2, 0) is 0 Å². The van der Waals surface area contributed by atoms with E-state index in [2.05, 4.69) is 71.6 Å². The third-order valence-corrected chi connectivity index (χ3v) is 3.60. The summed E-state index contributed by atoms with van der Waals surface area (Å²) in [6.45, 7) is 6.15. The van der Waals surface area contributed by atoms with Crippen molar-refractivity contribution in [1.82, 2.24) is 0 Å². The van der Waals surface area contributed by atoms with Crippen LogP contribution in [0.5, 0.6) is 0 Å². The van der Waals surface area contributed by atoms with Crippen LogP contribution in [-0.4, -0.2) is 0 Å². The van der Waals surface area contributed by atoms with Gasteiger partial charge in [0, 0.05) is 3.57 Å². The van der Waals surface area contributed by atoms with Gasteiger partial charge in [0.25, 0.3) is 0 Å². The summed E-state index contributed by atoms with van der Waals surface area (Å²) >= 11 is 2.36. The van der Waals surface area contributed by atoms with Gasteiger partial charge in [0.2, 0.25) is 0 Å². The van der Waals surface area contributed by atoms with Crippen molar-refractivity contribution in [3.05, 3.63) is 88.5 Å². The predicted molar refractivity (Wildman–Crippen MR) is 97.6 cm³/mol. The fraction of sp³-hybridized carbons (Fsp3) is 0.0526. The fourth-order valence-electron chi connectivity index (χ4n) is 1.95. The summed E-state index contributed by atoms with van der Waals surface area (Å²) in [4.78, 5) is 0. The van der Waals surface area contributed by atoms with Gasteiger partial charge in [0.15, 0.2) is 0 Å². The van der Waals surface area contributed by atoms with Gasteiger partial charge >= 0.3 is 0 Å². The van der Waals surface area contributed by atoms with E-state index >= 15 is 0 Å². The quantitative estimate of drug-likeness (QED) is 0.449. The number of halogens is 1. The highest BCUT2D eigenvalue weighted by Crippen LogP contribution is 2.26. The predicted octanol–water partition coefficient (Wildman–Crippen LogP) is 6.10. The molecule has 0 unspecified atom stereocenters. The Morgan fingerprint density at radius 3 is 2.45 bits per heavy atom. The van der Waals surface area contributed by atoms with Crippen molar-refractivity contribution in [1.29, 1.82) is 0 Å². The first kappa shape index (κ1) is 14.8. The average Bonchev–Trinajstić information content (AvgIpc) is 2.47. The Bertz CT molecular complexity index is 649. The molecule has 0 aliphatic carbocycles. The third kappa shape index (κ3) is 3.94. The second-order valence-corrected chi connectivity index (χ2v) is 5.75. The standard InChI is InChI=1S/C19H17I/c1-3-4-6-9-15(2)17-12-18(14-19(20)13-17)16-10-7-5-8-11-16/h3-14H,2H2,1H3/b4-3-,9-6-. The Labute approximate surface area is 134 Å². The van der Waals surface area contributed by atoms with E-state index < -0.39 is 0 Å². The van der Waals surface area contributed by atoms with Crippen molar-refractivity contribution < 1.29 is 0 Å². The number of allylic oxidation sites excluding steroid dienone is 5. The van der Waals surface area contributed by atoms with E-state index in [-0.39, 0.29) is 0 Å². The topological polar surface area (TPSA) is 0 Å². The number of benzene rings is 2. The first-order valence-electron chi connectivity index (χ1n) is 6.55. The molecule has 0 N–H and O–H groups in total. The molecule has 0 bridgehead atoms. The maximum atomic E-state index is 4.15. The third-order valence-electron chi connectivity index (χ3n) is 2.98. The zero-order valence-corrected chi connectivity index (χ0v) is 13.7. The van der Waals surface area contributed by atoms with Gasteiger partial charge in [-0.15, -0.1) is 0 Å². The van der Waals surface area contributed by atoms with Crippen LogP contribution in [0.3, 0.4) is 0 Å². The summed E-state index contributed by atoms with van der Waals surface area (Å²) < 4.78 is 1.22. The summed E-state index contributed by atoms with van der Waals surface area (Å²) in [6.07, 6.45) is 8.08. The molecule has 0 saturated carbocycles. The Morgan fingerprint density at radius 2 is 1.75 bits per heavy atom. The molecule has 100 valence electrons. The van der Waals surface area contributed by atoms with Crippen molar-refractivity contribution in [2.75, 3.05) is 0 Å². The van der Waals surface area contributed by atoms with Crippen molar-refractivity contribution in [2.45, 2.75) is 6.92 Å². The fourth-order valence-corrected chi connectivity index (χ4v) is 2.62. The highest BCUT2D eigenvalue weighted by atomic mass is 127. The van der Waals surface area contributed by atoms with Crippen LogP contribution in [0.4, 0.5) is 0 Å². The van der Waals surface area contributed by atoms with E-state index in [4.69, 9.17) is 0 Å². The van der Waals surface area contributed by atoms with Crippen molar-refractivity contribution in [2.24, 2.45) is 0 Å². The zero-order chi connectivity index (χ0) is 14.4. The molecule has 0 fully saturated rings. The van der Waals surface area contributed by atoms with E-state index in [0.717, 1.165) is 11.1 Å². The van der Waals surface area contributed by atoms with Gasteiger partial charge in [-0.05, 0) is 70.0 Å².